The smallest absolute Gasteiger partial charge is 0.321 e. The van der Waals surface area contributed by atoms with E-state index in [-0.39, 0.29) is 29.2 Å². The standard InChI is InChI=1S/C22H36N2O4.C13H19NO4S.C8H17NO3.C8H19N/c1-18(2)16-21(23-17-20-6-4-19(3)5-7-20)22(25)24-8-10-26-12-14-28-15-13-27-11-9-24;1-9(2)8-12(13(15)16)14-19(17,18)11-6-4-10(3)5-7-11;1-3-10-5-7-12-8-6-11-4-2-9-1;1-4-7-9(6-3)8-5-2/h4-7,18,21,23H,8-17H2,1-3H3;4-7,9,12,14H,8H2,1-3H3,(H,15,16);9H,1-8H2;4-8H2,1-3H3/t21-;12-;;/m00../s1. The number of aryl methyl sites for hydroxylation is 2. The third-order valence-corrected chi connectivity index (χ3v) is 12.0. The van der Waals surface area contributed by atoms with Gasteiger partial charge in [0.05, 0.1) is 90.2 Å². The molecule has 1 amide bonds. The van der Waals surface area contributed by atoms with Crippen LogP contribution in [0.25, 0.3) is 0 Å². The number of carboxylic acid groups (broad SMARTS) is 1. The number of nitrogens with one attached hydrogen (secondary N) is 3. The van der Waals surface area contributed by atoms with Crippen molar-refractivity contribution in [2.24, 2.45) is 11.8 Å². The van der Waals surface area contributed by atoms with Gasteiger partial charge in [0, 0.05) is 32.7 Å². The number of rotatable bonds is 17. The average molecular weight is 982 g/mol. The Morgan fingerprint density at radius 1 is 0.647 bits per heavy atom. The SMILES string of the molecule is C1COCCOCCOCCN1.CCCN(CC)CCC.Cc1ccc(CN[C@@H](CC(C)C)C(=O)N2CCOCCOCCOCC2)cc1.Cc1ccc(S(=O)(=O)N[C@@H](CC(C)C)C(=O)O)cc1. The van der Waals surface area contributed by atoms with Crippen LogP contribution in [0.1, 0.15) is 90.8 Å². The van der Waals surface area contributed by atoms with Gasteiger partial charge in [-0.25, -0.2) is 8.42 Å². The summed E-state index contributed by atoms with van der Waals surface area (Å²) in [5.41, 5.74) is 3.37. The van der Waals surface area contributed by atoms with E-state index in [1.165, 1.54) is 55.7 Å². The predicted octanol–water partition coefficient (Wildman–Crippen LogP) is 5.93. The van der Waals surface area contributed by atoms with Gasteiger partial charge < -0.3 is 54.0 Å². The Morgan fingerprint density at radius 3 is 1.47 bits per heavy atom. The number of carbonyl (C=O) groups is 2. The van der Waals surface area contributed by atoms with Crippen LogP contribution in [0.2, 0.25) is 0 Å². The van der Waals surface area contributed by atoms with Crippen LogP contribution in [-0.4, -0.2) is 172 Å². The molecule has 2 atom stereocenters. The first-order valence-electron chi connectivity index (χ1n) is 24.9. The first kappa shape index (κ1) is 62.9. The first-order chi connectivity index (χ1) is 32.6. The Hall–Kier alpha value is -3.07. The van der Waals surface area contributed by atoms with Crippen molar-refractivity contribution in [1.82, 2.24) is 25.2 Å². The fourth-order valence-corrected chi connectivity index (χ4v) is 8.00. The van der Waals surface area contributed by atoms with Crippen LogP contribution >= 0.6 is 0 Å². The highest BCUT2D eigenvalue weighted by Gasteiger charge is 2.27. The molecule has 0 aromatic heterocycles. The van der Waals surface area contributed by atoms with Gasteiger partial charge >= 0.3 is 5.97 Å². The van der Waals surface area contributed by atoms with E-state index in [1.54, 1.807) is 12.1 Å². The quantitative estimate of drug-likeness (QED) is 0.146. The molecule has 0 unspecified atom stereocenters. The molecule has 2 heterocycles. The van der Waals surface area contributed by atoms with Gasteiger partial charge in [0.25, 0.3) is 0 Å². The molecule has 0 radical (unpaired) electrons. The summed E-state index contributed by atoms with van der Waals surface area (Å²) in [5, 5.41) is 15.7. The zero-order valence-corrected chi connectivity index (χ0v) is 44.0. The number of amides is 1. The van der Waals surface area contributed by atoms with Crippen LogP contribution in [0.15, 0.2) is 53.4 Å². The van der Waals surface area contributed by atoms with Gasteiger partial charge in [0.2, 0.25) is 15.9 Å². The molecule has 4 N–H and O–H groups in total. The lowest BCUT2D eigenvalue weighted by atomic mass is 10.0. The molecule has 16 nitrogen and oxygen atoms in total. The van der Waals surface area contributed by atoms with Crippen molar-refractivity contribution in [2.45, 2.75) is 112 Å². The fourth-order valence-electron chi connectivity index (χ4n) is 6.79. The maximum Gasteiger partial charge on any atom is 0.321 e. The summed E-state index contributed by atoms with van der Waals surface area (Å²) in [6.07, 6.45) is 3.62. The van der Waals surface area contributed by atoms with Crippen molar-refractivity contribution in [3.63, 3.8) is 0 Å². The second-order valence-corrected chi connectivity index (χ2v) is 19.4. The van der Waals surface area contributed by atoms with E-state index in [1.807, 2.05) is 25.7 Å². The zero-order valence-electron chi connectivity index (χ0n) is 43.2. The van der Waals surface area contributed by atoms with Crippen molar-refractivity contribution >= 4 is 21.9 Å². The maximum absolute atomic E-state index is 13.3. The molecule has 392 valence electrons. The first-order valence-corrected chi connectivity index (χ1v) is 26.4. The van der Waals surface area contributed by atoms with Gasteiger partial charge in [0.15, 0.2) is 0 Å². The van der Waals surface area contributed by atoms with Crippen molar-refractivity contribution in [3.8, 4) is 0 Å². The Kier molecular flexibility index (Phi) is 36.7. The molecule has 0 bridgehead atoms. The Bertz CT molecular complexity index is 1590. The van der Waals surface area contributed by atoms with Gasteiger partial charge in [-0.15, -0.1) is 0 Å². The number of benzene rings is 2. The summed E-state index contributed by atoms with van der Waals surface area (Å²) in [4.78, 5) is 28.8. The lowest BCUT2D eigenvalue weighted by Gasteiger charge is -2.29. The summed E-state index contributed by atoms with van der Waals surface area (Å²) in [5.74, 6) is -0.524. The topological polar surface area (TPSA) is 186 Å². The van der Waals surface area contributed by atoms with E-state index in [0.29, 0.717) is 91.6 Å². The number of aliphatic carboxylic acids is 1. The fraction of sp³-hybridized carbons (Fsp3) is 0.725. The summed E-state index contributed by atoms with van der Waals surface area (Å²) >= 11 is 0. The number of ether oxygens (including phenoxy) is 6. The largest absolute Gasteiger partial charge is 0.480 e. The molecule has 0 spiro atoms. The number of nitrogens with zero attached hydrogens (tertiary/aromatic N) is 2. The number of carbonyl (C=O) groups excluding carboxylic acids is 1. The molecule has 2 aromatic carbocycles. The minimum Gasteiger partial charge on any atom is -0.480 e. The molecule has 4 rings (SSSR count). The minimum atomic E-state index is -3.80. The number of sulfonamides is 1. The minimum absolute atomic E-state index is 0.0770. The van der Waals surface area contributed by atoms with E-state index in [2.05, 4.69) is 86.1 Å². The van der Waals surface area contributed by atoms with Crippen molar-refractivity contribution in [1.29, 1.82) is 0 Å². The zero-order chi connectivity index (χ0) is 50.4. The van der Waals surface area contributed by atoms with Crippen LogP contribution in [0, 0.1) is 25.7 Å². The van der Waals surface area contributed by atoms with Crippen LogP contribution in [-0.2, 0) is 54.6 Å². The molecule has 2 aliphatic rings. The van der Waals surface area contributed by atoms with Crippen LogP contribution in [0.3, 0.4) is 0 Å². The Morgan fingerprint density at radius 2 is 1.06 bits per heavy atom. The van der Waals surface area contributed by atoms with Crippen LogP contribution in [0.5, 0.6) is 0 Å². The van der Waals surface area contributed by atoms with Crippen LogP contribution in [0.4, 0.5) is 0 Å². The lowest BCUT2D eigenvalue weighted by Crippen LogP contribution is -2.49. The number of carboxylic acids is 1. The predicted molar refractivity (Wildman–Crippen MR) is 271 cm³/mol. The highest BCUT2D eigenvalue weighted by atomic mass is 32.2. The molecular weight excluding hydrogens is 891 g/mol. The van der Waals surface area contributed by atoms with Gasteiger partial charge in [-0.2, -0.15) is 4.72 Å². The summed E-state index contributed by atoms with van der Waals surface area (Å²) in [7, 11) is -3.80. The van der Waals surface area contributed by atoms with E-state index < -0.39 is 22.0 Å². The van der Waals surface area contributed by atoms with Crippen LogP contribution < -0.4 is 15.4 Å². The molecule has 2 fully saturated rings. The highest BCUT2D eigenvalue weighted by molar-refractivity contribution is 7.89. The molecule has 2 aliphatic heterocycles. The number of hydrogen-bond acceptors (Lipinski definition) is 13. The van der Waals surface area contributed by atoms with Crippen molar-refractivity contribution in [3.05, 3.63) is 65.2 Å². The molecule has 2 aromatic rings. The molecular formula is C51H91N5O11S. The van der Waals surface area contributed by atoms with Gasteiger partial charge in [-0.3, -0.25) is 9.59 Å². The summed E-state index contributed by atoms with van der Waals surface area (Å²) in [6.45, 7) is 33.4. The molecule has 0 saturated carbocycles. The van der Waals surface area contributed by atoms with Gasteiger partial charge in [0.1, 0.15) is 6.04 Å². The van der Waals surface area contributed by atoms with E-state index >= 15 is 0 Å². The molecule has 17 heteroatoms. The highest BCUT2D eigenvalue weighted by Crippen LogP contribution is 2.14. The lowest BCUT2D eigenvalue weighted by molar-refractivity contribution is -0.139. The molecule has 2 saturated heterocycles. The van der Waals surface area contributed by atoms with E-state index in [0.717, 1.165) is 38.3 Å². The van der Waals surface area contributed by atoms with Gasteiger partial charge in [-0.05, 0) is 88.7 Å². The summed E-state index contributed by atoms with van der Waals surface area (Å²) in [6, 6.07) is 13.4. The third-order valence-electron chi connectivity index (χ3n) is 10.5. The average Bonchev–Trinajstić information content (AvgIpc) is 3.29. The second-order valence-electron chi connectivity index (χ2n) is 17.7. The summed E-state index contributed by atoms with van der Waals surface area (Å²) < 4.78 is 58.8. The van der Waals surface area contributed by atoms with Crippen molar-refractivity contribution in [2.75, 3.05) is 125 Å². The monoisotopic (exact) mass is 982 g/mol. The van der Waals surface area contributed by atoms with E-state index in [4.69, 9.17) is 33.5 Å². The Balaban J connectivity index is 0.000000497. The second kappa shape index (κ2) is 39.6. The van der Waals surface area contributed by atoms with Crippen molar-refractivity contribution < 1.29 is 51.5 Å². The Labute approximate surface area is 410 Å². The number of hydrogen-bond donors (Lipinski definition) is 4. The van der Waals surface area contributed by atoms with Gasteiger partial charge in [-0.1, -0.05) is 96.0 Å². The molecule has 0 aliphatic carbocycles. The van der Waals surface area contributed by atoms with E-state index in [9.17, 15) is 18.0 Å². The maximum atomic E-state index is 13.3. The normalized spacial score (nSPS) is 17.0. The molecule has 68 heavy (non-hydrogen) atoms. The third kappa shape index (κ3) is 31.9.